The van der Waals surface area contributed by atoms with Crippen LogP contribution in [-0.4, -0.2) is 47.7 Å². The summed E-state index contributed by atoms with van der Waals surface area (Å²) in [7, 11) is 0. The first kappa shape index (κ1) is 14.0. The van der Waals surface area contributed by atoms with E-state index < -0.39 is 0 Å². The Kier molecular flexibility index (Phi) is 3.31. The number of rotatable bonds is 3. The summed E-state index contributed by atoms with van der Waals surface area (Å²) in [5.41, 5.74) is 4.03. The molecule has 0 aromatic carbocycles. The van der Waals surface area contributed by atoms with E-state index in [0.29, 0.717) is 11.3 Å². The first-order valence-electron chi connectivity index (χ1n) is 8.06. The molecule has 22 heavy (non-hydrogen) atoms. The van der Waals surface area contributed by atoms with Crippen molar-refractivity contribution in [1.29, 1.82) is 0 Å². The van der Waals surface area contributed by atoms with Crippen molar-refractivity contribution in [2.45, 2.75) is 13.8 Å². The monoisotopic (exact) mass is 297 g/mol. The SMILES string of the molecule is C[C@H]1C=C(c2c[nH]c3ncccc23)CN(CC2(C)COC2)C1. The van der Waals surface area contributed by atoms with Crippen LogP contribution < -0.4 is 0 Å². The molecule has 0 amide bonds. The number of hydrogen-bond donors (Lipinski definition) is 1. The van der Waals surface area contributed by atoms with Crippen LogP contribution in [0.3, 0.4) is 0 Å². The van der Waals surface area contributed by atoms with E-state index in [-0.39, 0.29) is 0 Å². The lowest BCUT2D eigenvalue weighted by Crippen LogP contribution is -2.50. The Labute approximate surface area is 131 Å². The molecule has 2 aromatic heterocycles. The van der Waals surface area contributed by atoms with Crippen LogP contribution in [0.2, 0.25) is 0 Å². The van der Waals surface area contributed by atoms with Gasteiger partial charge >= 0.3 is 0 Å². The van der Waals surface area contributed by atoms with E-state index in [2.05, 4.69) is 47.1 Å². The van der Waals surface area contributed by atoms with Gasteiger partial charge in [0.1, 0.15) is 5.65 Å². The average molecular weight is 297 g/mol. The molecular formula is C18H23N3O. The van der Waals surface area contributed by atoms with Gasteiger partial charge in [0, 0.05) is 48.4 Å². The number of H-pyrrole nitrogens is 1. The van der Waals surface area contributed by atoms with E-state index in [1.807, 2.05) is 12.3 Å². The highest BCUT2D eigenvalue weighted by Gasteiger charge is 2.36. The van der Waals surface area contributed by atoms with Crippen molar-refractivity contribution in [2.75, 3.05) is 32.8 Å². The van der Waals surface area contributed by atoms with E-state index in [4.69, 9.17) is 4.74 Å². The molecule has 1 saturated heterocycles. The minimum absolute atomic E-state index is 0.337. The lowest BCUT2D eigenvalue weighted by Gasteiger charge is -2.43. The Hall–Kier alpha value is -1.65. The van der Waals surface area contributed by atoms with Gasteiger partial charge in [0.05, 0.1) is 13.2 Å². The summed E-state index contributed by atoms with van der Waals surface area (Å²) in [4.78, 5) is 10.3. The second-order valence-corrected chi connectivity index (χ2v) is 7.24. The highest BCUT2D eigenvalue weighted by molar-refractivity contribution is 5.91. The number of nitrogens with one attached hydrogen (secondary N) is 1. The van der Waals surface area contributed by atoms with Crippen LogP contribution >= 0.6 is 0 Å². The molecule has 1 N–H and O–H groups in total. The van der Waals surface area contributed by atoms with Crippen molar-refractivity contribution in [3.8, 4) is 0 Å². The fraction of sp³-hybridized carbons (Fsp3) is 0.500. The maximum atomic E-state index is 5.41. The van der Waals surface area contributed by atoms with E-state index >= 15 is 0 Å². The van der Waals surface area contributed by atoms with Gasteiger partial charge in [-0.2, -0.15) is 0 Å². The Morgan fingerprint density at radius 3 is 3.09 bits per heavy atom. The van der Waals surface area contributed by atoms with E-state index in [0.717, 1.165) is 38.5 Å². The topological polar surface area (TPSA) is 41.2 Å². The van der Waals surface area contributed by atoms with Crippen LogP contribution in [-0.2, 0) is 4.74 Å². The van der Waals surface area contributed by atoms with Gasteiger partial charge in [0.2, 0.25) is 0 Å². The number of nitrogens with zero attached hydrogens (tertiary/aromatic N) is 2. The van der Waals surface area contributed by atoms with Gasteiger partial charge in [-0.1, -0.05) is 19.9 Å². The largest absolute Gasteiger partial charge is 0.380 e. The van der Waals surface area contributed by atoms with E-state index in [9.17, 15) is 0 Å². The number of fused-ring (bicyclic) bond motifs is 1. The Bertz CT molecular complexity index is 714. The summed E-state index contributed by atoms with van der Waals surface area (Å²) >= 11 is 0. The summed E-state index contributed by atoms with van der Waals surface area (Å²) in [5, 5.41) is 1.22. The van der Waals surface area contributed by atoms with Crippen LogP contribution in [0.5, 0.6) is 0 Å². The number of aromatic amines is 1. The summed E-state index contributed by atoms with van der Waals surface area (Å²) in [6.07, 6.45) is 6.36. The predicted octanol–water partition coefficient (Wildman–Crippen LogP) is 2.93. The van der Waals surface area contributed by atoms with Gasteiger partial charge in [0.15, 0.2) is 0 Å². The van der Waals surface area contributed by atoms with Crippen molar-refractivity contribution in [3.63, 3.8) is 0 Å². The van der Waals surface area contributed by atoms with E-state index in [1.54, 1.807) is 0 Å². The second kappa shape index (κ2) is 5.21. The molecule has 4 rings (SSSR count). The minimum Gasteiger partial charge on any atom is -0.380 e. The van der Waals surface area contributed by atoms with E-state index in [1.165, 1.54) is 16.5 Å². The Morgan fingerprint density at radius 1 is 1.45 bits per heavy atom. The summed E-state index contributed by atoms with van der Waals surface area (Å²) in [6.45, 7) is 9.70. The van der Waals surface area contributed by atoms with Crippen molar-refractivity contribution in [2.24, 2.45) is 11.3 Å². The van der Waals surface area contributed by atoms with Gasteiger partial charge in [-0.25, -0.2) is 4.98 Å². The quantitative estimate of drug-likeness (QED) is 0.947. The maximum Gasteiger partial charge on any atom is 0.137 e. The van der Waals surface area contributed by atoms with Crippen molar-refractivity contribution < 1.29 is 4.74 Å². The molecule has 0 aliphatic carbocycles. The molecule has 4 heterocycles. The maximum absolute atomic E-state index is 5.41. The molecule has 1 atom stereocenters. The molecule has 0 spiro atoms. The minimum atomic E-state index is 0.337. The fourth-order valence-electron chi connectivity index (χ4n) is 3.76. The summed E-state index contributed by atoms with van der Waals surface area (Å²) in [5.74, 6) is 0.579. The average Bonchev–Trinajstić information content (AvgIpc) is 2.89. The highest BCUT2D eigenvalue weighted by Crippen LogP contribution is 2.32. The third kappa shape index (κ3) is 2.46. The number of hydrogen-bond acceptors (Lipinski definition) is 3. The van der Waals surface area contributed by atoms with Crippen LogP contribution in [0, 0.1) is 11.3 Å². The molecule has 2 aromatic rings. The predicted molar refractivity (Wildman–Crippen MR) is 88.6 cm³/mol. The van der Waals surface area contributed by atoms with Gasteiger partial charge in [0.25, 0.3) is 0 Å². The van der Waals surface area contributed by atoms with Crippen LogP contribution in [0.1, 0.15) is 19.4 Å². The molecule has 116 valence electrons. The molecule has 4 nitrogen and oxygen atoms in total. The van der Waals surface area contributed by atoms with Gasteiger partial charge in [-0.3, -0.25) is 4.90 Å². The fourth-order valence-corrected chi connectivity index (χ4v) is 3.76. The van der Waals surface area contributed by atoms with Crippen LogP contribution in [0.15, 0.2) is 30.6 Å². The van der Waals surface area contributed by atoms with Crippen molar-refractivity contribution in [1.82, 2.24) is 14.9 Å². The standard InChI is InChI=1S/C18H23N3O/c1-13-6-14(9-21(8-13)10-18(2)11-22-12-18)16-7-20-17-15(16)4-3-5-19-17/h3-7,13H,8-12H2,1-2H3,(H,19,20)/t13-/m0/s1. The molecule has 1 fully saturated rings. The van der Waals surface area contributed by atoms with Gasteiger partial charge in [-0.05, 0) is 23.6 Å². The Balaban J connectivity index is 1.60. The zero-order chi connectivity index (χ0) is 15.2. The molecule has 0 bridgehead atoms. The third-order valence-electron chi connectivity index (χ3n) is 4.73. The third-order valence-corrected chi connectivity index (χ3v) is 4.73. The summed E-state index contributed by atoms with van der Waals surface area (Å²) < 4.78 is 5.41. The number of aromatic nitrogens is 2. The molecule has 4 heteroatoms. The van der Waals surface area contributed by atoms with Gasteiger partial charge < -0.3 is 9.72 Å². The zero-order valence-electron chi connectivity index (χ0n) is 13.3. The van der Waals surface area contributed by atoms with Crippen molar-refractivity contribution in [3.05, 3.63) is 36.2 Å². The first-order valence-corrected chi connectivity index (χ1v) is 8.06. The summed E-state index contributed by atoms with van der Waals surface area (Å²) in [6, 6.07) is 4.16. The molecule has 0 radical (unpaired) electrons. The lowest BCUT2D eigenvalue weighted by atomic mass is 9.86. The molecule has 0 saturated carbocycles. The lowest BCUT2D eigenvalue weighted by molar-refractivity contribution is -0.114. The smallest absolute Gasteiger partial charge is 0.137 e. The van der Waals surface area contributed by atoms with Crippen LogP contribution in [0.4, 0.5) is 0 Å². The van der Waals surface area contributed by atoms with Gasteiger partial charge in [-0.15, -0.1) is 0 Å². The molecular weight excluding hydrogens is 274 g/mol. The zero-order valence-corrected chi connectivity index (χ0v) is 13.3. The van der Waals surface area contributed by atoms with Crippen molar-refractivity contribution >= 4 is 16.6 Å². The first-order chi connectivity index (χ1) is 10.6. The second-order valence-electron chi connectivity index (χ2n) is 7.24. The molecule has 0 unspecified atom stereocenters. The molecule has 2 aliphatic heterocycles. The molecule has 2 aliphatic rings. The Morgan fingerprint density at radius 2 is 2.32 bits per heavy atom. The normalized spacial score (nSPS) is 25.0. The highest BCUT2D eigenvalue weighted by atomic mass is 16.5. The number of ether oxygens (including phenoxy) is 1. The van der Waals surface area contributed by atoms with Crippen LogP contribution in [0.25, 0.3) is 16.6 Å². The number of pyridine rings is 1.